The van der Waals surface area contributed by atoms with Crippen molar-refractivity contribution >= 4 is 12.0 Å². The van der Waals surface area contributed by atoms with E-state index in [0.29, 0.717) is 55.4 Å². The van der Waals surface area contributed by atoms with Crippen molar-refractivity contribution in [2.45, 2.75) is 45.3 Å². The Kier molecular flexibility index (Phi) is 7.15. The third-order valence-corrected chi connectivity index (χ3v) is 5.22. The van der Waals surface area contributed by atoms with E-state index in [1.54, 1.807) is 32.9 Å². The second-order valence-corrected chi connectivity index (χ2v) is 8.78. The highest BCUT2D eigenvalue weighted by molar-refractivity contribution is 5.98. The summed E-state index contributed by atoms with van der Waals surface area (Å²) in [6.07, 6.45) is 0.0729. The van der Waals surface area contributed by atoms with Gasteiger partial charge >= 0.3 is 6.09 Å². The van der Waals surface area contributed by atoms with E-state index in [0.717, 1.165) is 0 Å². The Morgan fingerprint density at radius 2 is 1.94 bits per heavy atom. The summed E-state index contributed by atoms with van der Waals surface area (Å²) in [7, 11) is 1.54. The number of ether oxygens (including phenoxy) is 4. The molecule has 0 saturated carbocycles. The van der Waals surface area contributed by atoms with Crippen LogP contribution in [0.1, 0.15) is 44.0 Å². The summed E-state index contributed by atoms with van der Waals surface area (Å²) in [4.78, 5) is 26.6. The maximum Gasteiger partial charge on any atom is 0.410 e. The maximum absolute atomic E-state index is 12.9. The van der Waals surface area contributed by atoms with Gasteiger partial charge in [0.05, 0.1) is 38.5 Å². The first-order valence-corrected chi connectivity index (χ1v) is 10.6. The average Bonchev–Trinajstić information content (AvgIpc) is 2.96. The summed E-state index contributed by atoms with van der Waals surface area (Å²) in [6, 6.07) is 3.32. The highest BCUT2D eigenvalue weighted by atomic mass is 16.6. The van der Waals surface area contributed by atoms with Crippen LogP contribution in [0.2, 0.25) is 0 Å². The fourth-order valence-electron chi connectivity index (χ4n) is 3.60. The minimum absolute atomic E-state index is 0.170. The normalized spacial score (nSPS) is 21.1. The Hall–Kier alpha value is -2.68. The largest absolute Gasteiger partial charge is 0.493 e. The zero-order valence-electron chi connectivity index (χ0n) is 18.6. The summed E-state index contributed by atoms with van der Waals surface area (Å²) in [5, 5.41) is 13.4. The lowest BCUT2D eigenvalue weighted by Crippen LogP contribution is -2.50. The van der Waals surface area contributed by atoms with Crippen molar-refractivity contribution in [1.82, 2.24) is 10.2 Å². The van der Waals surface area contributed by atoms with Gasteiger partial charge in [-0.1, -0.05) is 0 Å². The average molecular weight is 437 g/mol. The van der Waals surface area contributed by atoms with Crippen LogP contribution in [0.25, 0.3) is 0 Å². The molecule has 1 aromatic carbocycles. The van der Waals surface area contributed by atoms with Gasteiger partial charge in [-0.05, 0) is 39.3 Å². The number of carbonyl (C=O) groups is 2. The Morgan fingerprint density at radius 3 is 2.58 bits per heavy atom. The number of hydrogen-bond donors (Lipinski definition) is 2. The third kappa shape index (κ3) is 5.72. The molecule has 1 saturated heterocycles. The number of amides is 2. The van der Waals surface area contributed by atoms with Crippen molar-refractivity contribution in [3.8, 4) is 17.2 Å². The van der Waals surface area contributed by atoms with Gasteiger partial charge in [0.2, 0.25) is 5.75 Å². The molecular formula is C22H32N2O7. The first-order chi connectivity index (χ1) is 14.7. The number of nitrogens with zero attached hydrogens (tertiary/aromatic N) is 1. The molecule has 1 aromatic rings. The second-order valence-electron chi connectivity index (χ2n) is 8.78. The molecule has 2 aliphatic heterocycles. The number of piperidine rings is 1. The van der Waals surface area contributed by atoms with Crippen LogP contribution in [0, 0.1) is 5.92 Å². The highest BCUT2D eigenvalue weighted by Crippen LogP contribution is 2.41. The molecular weight excluding hydrogens is 404 g/mol. The summed E-state index contributed by atoms with van der Waals surface area (Å²) >= 11 is 0. The molecule has 31 heavy (non-hydrogen) atoms. The number of nitrogens with one attached hydrogen (secondary N) is 1. The number of methoxy groups -OCH3 is 1. The van der Waals surface area contributed by atoms with Crippen LogP contribution in [-0.2, 0) is 4.74 Å². The monoisotopic (exact) mass is 436 g/mol. The molecule has 2 aliphatic rings. The Bertz CT molecular complexity index is 806. The molecule has 0 unspecified atom stereocenters. The predicted octanol–water partition coefficient (Wildman–Crippen LogP) is 2.20. The van der Waals surface area contributed by atoms with Crippen molar-refractivity contribution < 1.29 is 33.6 Å². The lowest BCUT2D eigenvalue weighted by molar-refractivity contribution is -0.0122. The van der Waals surface area contributed by atoms with Gasteiger partial charge in [0.15, 0.2) is 11.5 Å². The van der Waals surface area contributed by atoms with Crippen LogP contribution < -0.4 is 19.5 Å². The molecule has 2 heterocycles. The summed E-state index contributed by atoms with van der Waals surface area (Å²) in [6.45, 7) is 7.25. The van der Waals surface area contributed by atoms with Gasteiger partial charge in [0.1, 0.15) is 5.60 Å². The summed E-state index contributed by atoms with van der Waals surface area (Å²) < 4.78 is 22.2. The lowest BCUT2D eigenvalue weighted by Gasteiger charge is -2.36. The number of rotatable bonds is 4. The number of aliphatic hydroxyl groups is 1. The first-order valence-electron chi connectivity index (χ1n) is 10.6. The van der Waals surface area contributed by atoms with Crippen molar-refractivity contribution in [2.75, 3.05) is 40.0 Å². The minimum Gasteiger partial charge on any atom is -0.493 e. The van der Waals surface area contributed by atoms with E-state index in [4.69, 9.17) is 18.9 Å². The molecule has 2 amide bonds. The van der Waals surface area contributed by atoms with Gasteiger partial charge < -0.3 is 34.3 Å². The molecule has 9 heteroatoms. The van der Waals surface area contributed by atoms with Gasteiger partial charge in [-0.15, -0.1) is 0 Å². The third-order valence-electron chi connectivity index (χ3n) is 5.22. The van der Waals surface area contributed by atoms with E-state index in [1.807, 2.05) is 0 Å². The number of likely N-dealkylation sites (tertiary alicyclic amines) is 1. The Morgan fingerprint density at radius 1 is 1.23 bits per heavy atom. The smallest absolute Gasteiger partial charge is 0.410 e. The molecule has 0 spiro atoms. The second kappa shape index (κ2) is 9.64. The van der Waals surface area contributed by atoms with Crippen LogP contribution in [0.15, 0.2) is 12.1 Å². The quantitative estimate of drug-likeness (QED) is 0.745. The lowest BCUT2D eigenvalue weighted by atomic mass is 9.94. The molecule has 1 fully saturated rings. The fourth-order valence-corrected chi connectivity index (χ4v) is 3.60. The molecule has 172 valence electrons. The highest BCUT2D eigenvalue weighted by Gasteiger charge is 2.33. The van der Waals surface area contributed by atoms with Crippen LogP contribution in [0.3, 0.4) is 0 Å². The van der Waals surface area contributed by atoms with Crippen LogP contribution in [-0.4, -0.2) is 73.7 Å². The first kappa shape index (κ1) is 23.0. The van der Waals surface area contributed by atoms with Gasteiger partial charge in [0, 0.05) is 25.4 Å². The van der Waals surface area contributed by atoms with Crippen molar-refractivity contribution in [2.24, 2.45) is 5.92 Å². The Labute approximate surface area is 182 Å². The van der Waals surface area contributed by atoms with E-state index in [2.05, 4.69) is 5.32 Å². The van der Waals surface area contributed by atoms with Crippen LogP contribution >= 0.6 is 0 Å². The number of aliphatic hydroxyl groups excluding tert-OH is 1. The van der Waals surface area contributed by atoms with Crippen LogP contribution in [0.4, 0.5) is 4.79 Å². The minimum atomic E-state index is -0.755. The van der Waals surface area contributed by atoms with Crippen LogP contribution in [0.5, 0.6) is 17.2 Å². The molecule has 9 nitrogen and oxygen atoms in total. The van der Waals surface area contributed by atoms with Gasteiger partial charge in [-0.25, -0.2) is 4.79 Å². The molecule has 2 N–H and O–H groups in total. The summed E-state index contributed by atoms with van der Waals surface area (Å²) in [5.41, 5.74) is -0.229. The fraction of sp³-hybridized carbons (Fsp3) is 0.636. The SMILES string of the molecule is COc1ccc(C(=O)NC[C@@H]2CCN(C(=O)OC(C)(C)C)C[C@H]2O)c2c1OCCCO2. The molecule has 0 radical (unpaired) electrons. The van der Waals surface area contributed by atoms with Crippen molar-refractivity contribution in [3.05, 3.63) is 17.7 Å². The number of β-amino-alcohol motifs (C(OH)–C–C–N with tert-alkyl or cyclic N) is 1. The molecule has 0 bridgehead atoms. The van der Waals surface area contributed by atoms with E-state index >= 15 is 0 Å². The zero-order chi connectivity index (χ0) is 22.6. The molecule has 0 aliphatic carbocycles. The van der Waals surface area contributed by atoms with Crippen molar-refractivity contribution in [3.63, 3.8) is 0 Å². The number of carbonyl (C=O) groups excluding carboxylic acids is 2. The predicted molar refractivity (Wildman–Crippen MR) is 113 cm³/mol. The van der Waals surface area contributed by atoms with Gasteiger partial charge in [-0.2, -0.15) is 0 Å². The molecule has 2 atom stereocenters. The molecule has 0 aromatic heterocycles. The zero-order valence-corrected chi connectivity index (χ0v) is 18.6. The summed E-state index contributed by atoms with van der Waals surface area (Å²) in [5.74, 6) is 0.828. The number of fused-ring (bicyclic) bond motifs is 1. The van der Waals surface area contributed by atoms with E-state index in [1.165, 1.54) is 12.0 Å². The topological polar surface area (TPSA) is 107 Å². The van der Waals surface area contributed by atoms with E-state index in [9.17, 15) is 14.7 Å². The van der Waals surface area contributed by atoms with Crippen molar-refractivity contribution in [1.29, 1.82) is 0 Å². The van der Waals surface area contributed by atoms with Gasteiger partial charge in [-0.3, -0.25) is 4.79 Å². The maximum atomic E-state index is 12.9. The standard InChI is InChI=1S/C22H32N2O7/c1-22(2,3)31-21(27)24-9-8-14(16(25)13-24)12-23-20(26)15-6-7-17(28-4)19-18(15)29-10-5-11-30-19/h6-7,14,16,25H,5,8-13H2,1-4H3,(H,23,26)/t14-,16+/m0/s1. The van der Waals surface area contributed by atoms with Gasteiger partial charge in [0.25, 0.3) is 5.91 Å². The van der Waals surface area contributed by atoms with E-state index < -0.39 is 17.8 Å². The molecule has 3 rings (SSSR count). The van der Waals surface area contributed by atoms with E-state index in [-0.39, 0.29) is 24.9 Å². The number of hydrogen-bond acceptors (Lipinski definition) is 7. The Balaban J connectivity index is 1.60. The number of benzene rings is 1.